The highest BCUT2D eigenvalue weighted by Crippen LogP contribution is 2.62. The van der Waals surface area contributed by atoms with Gasteiger partial charge >= 0.3 is 0 Å². The van der Waals surface area contributed by atoms with Gasteiger partial charge in [0, 0.05) is 27.8 Å². The van der Waals surface area contributed by atoms with Crippen LogP contribution in [0.3, 0.4) is 0 Å². The Hall–Kier alpha value is -7.88. The van der Waals surface area contributed by atoms with Gasteiger partial charge in [-0.2, -0.15) is 0 Å². The van der Waals surface area contributed by atoms with Gasteiger partial charge in [-0.25, -0.2) is 9.97 Å². The maximum absolute atomic E-state index is 7.02. The van der Waals surface area contributed by atoms with E-state index in [4.69, 9.17) is 14.7 Å². The molecule has 3 nitrogen and oxygen atoms in total. The second-order valence-electron chi connectivity index (χ2n) is 15.7. The molecule has 3 heteroatoms. The zero-order valence-electron chi connectivity index (χ0n) is 32.6. The van der Waals surface area contributed by atoms with Gasteiger partial charge in [0.15, 0.2) is 5.82 Å². The molecule has 60 heavy (non-hydrogen) atoms. The number of hydrogen-bond acceptors (Lipinski definition) is 3. The number of benzene rings is 9. The first-order valence-corrected chi connectivity index (χ1v) is 20.5. The Bertz CT molecular complexity index is 3190. The molecule has 2 aliphatic rings. The Morgan fingerprint density at radius 1 is 0.300 bits per heavy atom. The highest BCUT2D eigenvalue weighted by Gasteiger charge is 2.51. The molecule has 0 unspecified atom stereocenters. The Labute approximate surface area is 348 Å². The zero-order chi connectivity index (χ0) is 39.6. The van der Waals surface area contributed by atoms with E-state index >= 15 is 0 Å². The van der Waals surface area contributed by atoms with E-state index in [1.54, 1.807) is 0 Å². The first-order valence-electron chi connectivity index (χ1n) is 20.5. The quantitative estimate of drug-likeness (QED) is 0.175. The number of rotatable bonds is 5. The molecule has 2 heterocycles. The van der Waals surface area contributed by atoms with Gasteiger partial charge in [0.2, 0.25) is 0 Å². The summed E-state index contributed by atoms with van der Waals surface area (Å²) < 4.78 is 7.02. The van der Waals surface area contributed by atoms with Crippen molar-refractivity contribution >= 4 is 10.8 Å². The van der Waals surface area contributed by atoms with Crippen LogP contribution in [-0.2, 0) is 5.41 Å². The normalized spacial score (nSPS) is 12.9. The highest BCUT2D eigenvalue weighted by atomic mass is 16.5. The van der Waals surface area contributed by atoms with Crippen molar-refractivity contribution in [2.75, 3.05) is 0 Å². The highest BCUT2D eigenvalue weighted by molar-refractivity contribution is 5.93. The molecule has 10 aromatic rings. The fourth-order valence-electron chi connectivity index (χ4n) is 9.58. The van der Waals surface area contributed by atoms with Crippen molar-refractivity contribution in [1.82, 2.24) is 9.97 Å². The Kier molecular flexibility index (Phi) is 7.76. The molecule has 1 aromatic heterocycles. The minimum absolute atomic E-state index is 0.525. The summed E-state index contributed by atoms with van der Waals surface area (Å²) >= 11 is 0. The molecule has 9 aromatic carbocycles. The molecule has 280 valence electrons. The summed E-state index contributed by atoms with van der Waals surface area (Å²) in [6.07, 6.45) is 0. The standard InChI is InChI=1S/C57H36N2O/c1-3-15-37(16-4-1)52-36-53(59-56(58-52)38-17-5-2-6-18-38)45-24-14-23-41(32-45)39-21-13-22-40(31-39)44-29-30-50-54(35-44)60-55-34-43-20-8-7-19-42(43)33-51(55)57(50)48-27-11-9-25-46(48)47-26-10-12-28-49(47)57/h1-36H. The third-order valence-corrected chi connectivity index (χ3v) is 12.3. The van der Waals surface area contributed by atoms with Crippen LogP contribution >= 0.6 is 0 Å². The summed E-state index contributed by atoms with van der Waals surface area (Å²) in [4.78, 5) is 10.1. The molecule has 0 bridgehead atoms. The van der Waals surface area contributed by atoms with Crippen molar-refractivity contribution in [1.29, 1.82) is 0 Å². The van der Waals surface area contributed by atoms with E-state index in [0.717, 1.165) is 72.8 Å². The zero-order valence-corrected chi connectivity index (χ0v) is 32.6. The second-order valence-corrected chi connectivity index (χ2v) is 15.7. The van der Waals surface area contributed by atoms with E-state index in [1.807, 2.05) is 36.4 Å². The minimum atomic E-state index is -0.525. The molecule has 0 atom stereocenters. The third kappa shape index (κ3) is 5.37. The van der Waals surface area contributed by atoms with Crippen LogP contribution in [0.4, 0.5) is 0 Å². The largest absolute Gasteiger partial charge is 0.457 e. The van der Waals surface area contributed by atoms with E-state index in [2.05, 4.69) is 182 Å². The van der Waals surface area contributed by atoms with Gasteiger partial charge in [0.05, 0.1) is 16.8 Å². The van der Waals surface area contributed by atoms with Crippen molar-refractivity contribution in [3.05, 3.63) is 241 Å². The van der Waals surface area contributed by atoms with Crippen LogP contribution in [0.15, 0.2) is 218 Å². The van der Waals surface area contributed by atoms with E-state index in [0.29, 0.717) is 5.82 Å². The summed E-state index contributed by atoms with van der Waals surface area (Å²) in [5.74, 6) is 2.48. The predicted molar refractivity (Wildman–Crippen MR) is 244 cm³/mol. The average molecular weight is 765 g/mol. The van der Waals surface area contributed by atoms with Crippen LogP contribution in [0.2, 0.25) is 0 Å². The van der Waals surface area contributed by atoms with Crippen LogP contribution < -0.4 is 4.74 Å². The van der Waals surface area contributed by atoms with Gasteiger partial charge in [0.1, 0.15) is 11.5 Å². The minimum Gasteiger partial charge on any atom is -0.457 e. The number of nitrogens with zero attached hydrogens (tertiary/aromatic N) is 2. The molecular formula is C57H36N2O. The monoisotopic (exact) mass is 764 g/mol. The van der Waals surface area contributed by atoms with Gasteiger partial charge in [-0.15, -0.1) is 0 Å². The SMILES string of the molecule is c1ccc(-c2cc(-c3cccc(-c4cccc(-c5ccc6c(c5)Oc5cc7ccccc7cc5C65c6ccccc6-c6ccccc65)c4)c3)nc(-c3ccccc3)n2)cc1. The Morgan fingerprint density at radius 2 is 0.783 bits per heavy atom. The van der Waals surface area contributed by atoms with E-state index in [1.165, 1.54) is 33.2 Å². The fourth-order valence-corrected chi connectivity index (χ4v) is 9.58. The molecule has 0 fully saturated rings. The van der Waals surface area contributed by atoms with Crippen molar-refractivity contribution in [3.8, 4) is 78.8 Å². The number of fused-ring (bicyclic) bond motifs is 10. The average Bonchev–Trinajstić information content (AvgIpc) is 3.62. The fraction of sp³-hybridized carbons (Fsp3) is 0.0175. The number of aromatic nitrogens is 2. The first kappa shape index (κ1) is 34.2. The summed E-state index contributed by atoms with van der Waals surface area (Å²) in [5, 5.41) is 2.37. The van der Waals surface area contributed by atoms with E-state index in [9.17, 15) is 0 Å². The maximum Gasteiger partial charge on any atom is 0.160 e. The number of ether oxygens (including phenoxy) is 1. The summed E-state index contributed by atoms with van der Waals surface area (Å²) in [7, 11) is 0. The van der Waals surface area contributed by atoms with Crippen molar-refractivity contribution in [2.45, 2.75) is 5.41 Å². The first-order chi connectivity index (χ1) is 29.7. The lowest BCUT2D eigenvalue weighted by Crippen LogP contribution is -2.32. The van der Waals surface area contributed by atoms with Gasteiger partial charge < -0.3 is 4.74 Å². The molecule has 0 saturated heterocycles. The summed E-state index contributed by atoms with van der Waals surface area (Å²) in [5.41, 5.74) is 16.2. The molecule has 1 spiro atoms. The van der Waals surface area contributed by atoms with E-state index in [-0.39, 0.29) is 0 Å². The molecule has 1 aliphatic carbocycles. The topological polar surface area (TPSA) is 35.0 Å². The molecular weight excluding hydrogens is 729 g/mol. The van der Waals surface area contributed by atoms with Crippen LogP contribution in [0, 0.1) is 0 Å². The van der Waals surface area contributed by atoms with Gasteiger partial charge in [-0.05, 0) is 91.7 Å². The van der Waals surface area contributed by atoms with E-state index < -0.39 is 5.41 Å². The maximum atomic E-state index is 7.02. The predicted octanol–water partition coefficient (Wildman–Crippen LogP) is 14.4. The van der Waals surface area contributed by atoms with Crippen LogP contribution in [-0.4, -0.2) is 9.97 Å². The molecule has 12 rings (SSSR count). The summed E-state index contributed by atoms with van der Waals surface area (Å²) in [6, 6.07) is 77.9. The lowest BCUT2D eigenvalue weighted by atomic mass is 9.65. The Morgan fingerprint density at radius 3 is 1.45 bits per heavy atom. The molecule has 1 aliphatic heterocycles. The van der Waals surface area contributed by atoms with Crippen molar-refractivity contribution in [2.24, 2.45) is 0 Å². The number of hydrogen-bond donors (Lipinski definition) is 0. The van der Waals surface area contributed by atoms with Gasteiger partial charge in [-0.1, -0.05) is 182 Å². The van der Waals surface area contributed by atoms with Gasteiger partial charge in [-0.3, -0.25) is 0 Å². The smallest absolute Gasteiger partial charge is 0.160 e. The summed E-state index contributed by atoms with van der Waals surface area (Å²) in [6.45, 7) is 0. The lowest BCUT2D eigenvalue weighted by Gasteiger charge is -2.39. The molecule has 0 N–H and O–H groups in total. The van der Waals surface area contributed by atoms with Crippen LogP contribution in [0.5, 0.6) is 11.5 Å². The third-order valence-electron chi connectivity index (χ3n) is 12.3. The Balaban J connectivity index is 0.970. The van der Waals surface area contributed by atoms with Crippen LogP contribution in [0.25, 0.3) is 78.1 Å². The molecule has 0 saturated carbocycles. The second kappa shape index (κ2) is 13.6. The van der Waals surface area contributed by atoms with Gasteiger partial charge in [0.25, 0.3) is 0 Å². The van der Waals surface area contributed by atoms with Crippen molar-refractivity contribution in [3.63, 3.8) is 0 Å². The lowest BCUT2D eigenvalue weighted by molar-refractivity contribution is 0.437. The van der Waals surface area contributed by atoms with Crippen molar-refractivity contribution < 1.29 is 4.74 Å². The van der Waals surface area contributed by atoms with Crippen LogP contribution in [0.1, 0.15) is 22.3 Å². The molecule has 0 amide bonds. The molecule has 0 radical (unpaired) electrons.